The van der Waals surface area contributed by atoms with Gasteiger partial charge >= 0.3 is 19.2 Å². The average molecular weight is 454 g/mol. The van der Waals surface area contributed by atoms with E-state index in [0.29, 0.717) is 15.0 Å². The highest BCUT2D eigenvalue weighted by Crippen LogP contribution is 2.66. The number of alkyl halides is 2. The van der Waals surface area contributed by atoms with Crippen molar-refractivity contribution < 1.29 is 31.9 Å². The van der Waals surface area contributed by atoms with Crippen molar-refractivity contribution >= 4 is 35.0 Å². The van der Waals surface area contributed by atoms with Gasteiger partial charge in [-0.25, -0.2) is 4.79 Å². The van der Waals surface area contributed by atoms with Gasteiger partial charge in [-0.1, -0.05) is 36.4 Å². The van der Waals surface area contributed by atoms with Crippen molar-refractivity contribution in [3.63, 3.8) is 0 Å². The molecule has 0 unspecified atom stereocenters. The lowest BCUT2D eigenvalue weighted by Crippen LogP contribution is -2.18. The molecule has 0 aliphatic heterocycles. The minimum absolute atomic E-state index is 0.114. The van der Waals surface area contributed by atoms with Gasteiger partial charge in [0.15, 0.2) is 0 Å². The number of ether oxygens (including phenoxy) is 1. The molecule has 0 aliphatic carbocycles. The summed E-state index contributed by atoms with van der Waals surface area (Å²) in [6.07, 6.45) is 0. The number of halogens is 2. The number of hydrogen-bond donors (Lipinski definition) is 0. The zero-order valence-corrected chi connectivity index (χ0v) is 18.2. The maximum atomic E-state index is 15.0. The summed E-state index contributed by atoms with van der Waals surface area (Å²) in [7, 11) is -4.70. The second-order valence-electron chi connectivity index (χ2n) is 6.30. The maximum Gasteiger partial charge on any atom is 0.404 e. The first-order valence-electron chi connectivity index (χ1n) is 9.33. The Morgan fingerprint density at radius 3 is 2.33 bits per heavy atom. The molecule has 0 fully saturated rings. The molecule has 30 heavy (non-hydrogen) atoms. The number of carbonyl (C=O) groups is 1. The Kier molecular flexibility index (Phi) is 7.03. The molecule has 1 aromatic heterocycles. The number of carbonyl (C=O) groups excluding carboxylic acids is 1. The van der Waals surface area contributed by atoms with Crippen LogP contribution in [0.1, 0.15) is 34.6 Å². The van der Waals surface area contributed by atoms with Crippen LogP contribution in [0.15, 0.2) is 54.6 Å². The van der Waals surface area contributed by atoms with E-state index in [1.54, 1.807) is 0 Å². The third kappa shape index (κ3) is 4.62. The second kappa shape index (κ2) is 9.35. The highest BCUT2D eigenvalue weighted by atomic mass is 32.1. The Bertz CT molecular complexity index is 1060. The third-order valence-corrected chi connectivity index (χ3v) is 7.46. The molecular formula is C21H21F2O5PS. The van der Waals surface area contributed by atoms with Gasteiger partial charge in [0.05, 0.1) is 13.2 Å². The number of esters is 1. The molecule has 0 atom stereocenters. The van der Waals surface area contributed by atoms with Crippen LogP contribution in [0.5, 0.6) is 0 Å². The van der Waals surface area contributed by atoms with E-state index in [1.807, 2.05) is 30.3 Å². The van der Waals surface area contributed by atoms with Gasteiger partial charge in [0.2, 0.25) is 0 Å². The topological polar surface area (TPSA) is 61.8 Å². The Hall–Kier alpha value is -2.12. The van der Waals surface area contributed by atoms with Gasteiger partial charge in [-0.15, -0.1) is 11.3 Å². The zero-order valence-electron chi connectivity index (χ0n) is 16.5. The number of thiophene rings is 1. The molecule has 9 heteroatoms. The highest BCUT2D eigenvalue weighted by molar-refractivity contribution is 7.54. The third-order valence-electron chi connectivity index (χ3n) is 4.22. The molecule has 1 heterocycles. The summed E-state index contributed by atoms with van der Waals surface area (Å²) in [6, 6.07) is 14.5. The van der Waals surface area contributed by atoms with Crippen LogP contribution >= 0.6 is 18.9 Å². The molecule has 3 rings (SSSR count). The van der Waals surface area contributed by atoms with E-state index in [9.17, 15) is 18.1 Å². The van der Waals surface area contributed by atoms with E-state index in [2.05, 4.69) is 0 Å². The summed E-state index contributed by atoms with van der Waals surface area (Å²) in [4.78, 5) is 12.6. The predicted molar refractivity (Wildman–Crippen MR) is 112 cm³/mol. The molecule has 0 amide bonds. The lowest BCUT2D eigenvalue weighted by molar-refractivity contribution is 0.0362. The molecule has 3 aromatic rings. The fourth-order valence-corrected chi connectivity index (χ4v) is 5.29. The van der Waals surface area contributed by atoms with Crippen molar-refractivity contribution in [2.75, 3.05) is 13.2 Å². The summed E-state index contributed by atoms with van der Waals surface area (Å²) in [5.74, 6) is -0.539. The predicted octanol–water partition coefficient (Wildman–Crippen LogP) is 6.57. The van der Waals surface area contributed by atoms with Crippen molar-refractivity contribution in [3.05, 3.63) is 70.6 Å². The monoisotopic (exact) mass is 454 g/mol. The summed E-state index contributed by atoms with van der Waals surface area (Å²) >= 11 is 1.14. The second-order valence-corrected chi connectivity index (χ2v) is 9.46. The number of hydrogen-bond acceptors (Lipinski definition) is 6. The summed E-state index contributed by atoms with van der Waals surface area (Å²) < 4.78 is 58.2. The van der Waals surface area contributed by atoms with Crippen molar-refractivity contribution in [1.29, 1.82) is 0 Å². The van der Waals surface area contributed by atoms with Gasteiger partial charge in [0, 0.05) is 10.3 Å². The van der Waals surface area contributed by atoms with Crippen molar-refractivity contribution in [3.8, 4) is 0 Å². The van der Waals surface area contributed by atoms with E-state index < -0.39 is 24.8 Å². The van der Waals surface area contributed by atoms with Crippen LogP contribution in [0.2, 0.25) is 0 Å². The lowest BCUT2D eigenvalue weighted by Gasteiger charge is -2.26. The van der Waals surface area contributed by atoms with E-state index in [0.717, 1.165) is 16.9 Å². The van der Waals surface area contributed by atoms with Gasteiger partial charge in [-0.3, -0.25) is 4.57 Å². The molecule has 0 bridgehead atoms. The largest absolute Gasteiger partial charge is 0.457 e. The maximum absolute atomic E-state index is 15.0. The minimum Gasteiger partial charge on any atom is -0.457 e. The fourth-order valence-electron chi connectivity index (χ4n) is 2.82. The molecule has 0 saturated heterocycles. The first-order valence-corrected chi connectivity index (χ1v) is 11.7. The zero-order chi connectivity index (χ0) is 21.8. The van der Waals surface area contributed by atoms with E-state index >= 15 is 0 Å². The summed E-state index contributed by atoms with van der Waals surface area (Å²) in [5.41, 5.74) is -3.48. The lowest BCUT2D eigenvalue weighted by atomic mass is 10.1. The molecule has 0 N–H and O–H groups in total. The van der Waals surface area contributed by atoms with E-state index in [-0.39, 0.29) is 19.8 Å². The fraction of sp³-hybridized carbons (Fsp3) is 0.286. The first-order chi connectivity index (χ1) is 14.3. The van der Waals surface area contributed by atoms with Crippen LogP contribution < -0.4 is 0 Å². The van der Waals surface area contributed by atoms with Crippen LogP contribution in [-0.4, -0.2) is 19.2 Å². The van der Waals surface area contributed by atoms with Crippen molar-refractivity contribution in [2.45, 2.75) is 26.1 Å². The highest BCUT2D eigenvalue weighted by Gasteiger charge is 2.54. The average Bonchev–Trinajstić information content (AvgIpc) is 3.16. The minimum atomic E-state index is -4.70. The molecule has 0 spiro atoms. The Labute approximate surface area is 177 Å². The molecule has 0 radical (unpaired) electrons. The van der Waals surface area contributed by atoms with E-state index in [4.69, 9.17) is 13.8 Å². The smallest absolute Gasteiger partial charge is 0.404 e. The van der Waals surface area contributed by atoms with Crippen LogP contribution in [-0.2, 0) is 30.6 Å². The normalized spacial score (nSPS) is 12.3. The van der Waals surface area contributed by atoms with Crippen molar-refractivity contribution in [1.82, 2.24) is 0 Å². The van der Waals surface area contributed by atoms with Gasteiger partial charge in [-0.05, 0) is 43.0 Å². The Balaban J connectivity index is 1.84. The Morgan fingerprint density at radius 2 is 1.70 bits per heavy atom. The van der Waals surface area contributed by atoms with Crippen LogP contribution in [0.3, 0.4) is 0 Å². The summed E-state index contributed by atoms with van der Waals surface area (Å²) in [6.45, 7) is 2.70. The van der Waals surface area contributed by atoms with Gasteiger partial charge in [0.1, 0.15) is 11.5 Å². The standard InChI is InChI=1S/C21H21F2O5PS/c1-3-27-29(25,28-4-2)21(22,23)17-10-11-18-16(12-17)13-19(30-18)20(24)26-14-15-8-6-5-7-9-15/h5-13H,3-4,14H2,1-2H3. The van der Waals surface area contributed by atoms with Gasteiger partial charge in [-0.2, -0.15) is 8.78 Å². The quantitative estimate of drug-likeness (QED) is 0.270. The first kappa shape index (κ1) is 22.6. The molecular weight excluding hydrogens is 433 g/mol. The van der Waals surface area contributed by atoms with E-state index in [1.165, 1.54) is 38.1 Å². The van der Waals surface area contributed by atoms with Crippen LogP contribution in [0.25, 0.3) is 10.1 Å². The molecule has 0 aliphatic rings. The SMILES string of the molecule is CCOP(=O)(OCC)C(F)(F)c1ccc2sc(C(=O)OCc3ccccc3)cc2c1. The molecule has 5 nitrogen and oxygen atoms in total. The van der Waals surface area contributed by atoms with Crippen molar-refractivity contribution in [2.24, 2.45) is 0 Å². The number of rotatable bonds is 9. The number of benzene rings is 2. The Morgan fingerprint density at radius 1 is 1.03 bits per heavy atom. The molecule has 2 aromatic carbocycles. The van der Waals surface area contributed by atoms with Crippen LogP contribution in [0.4, 0.5) is 8.78 Å². The number of fused-ring (bicyclic) bond motifs is 1. The van der Waals surface area contributed by atoms with Crippen LogP contribution in [0, 0.1) is 0 Å². The van der Waals surface area contributed by atoms with Gasteiger partial charge < -0.3 is 13.8 Å². The molecule has 0 saturated carbocycles. The van der Waals surface area contributed by atoms with Gasteiger partial charge in [0.25, 0.3) is 0 Å². The summed E-state index contributed by atoms with van der Waals surface area (Å²) in [5, 5.41) is 0.420. The molecule has 160 valence electrons.